The summed E-state index contributed by atoms with van der Waals surface area (Å²) in [6.07, 6.45) is 1.67. The van der Waals surface area contributed by atoms with Crippen molar-refractivity contribution in [2.24, 2.45) is 0 Å². The summed E-state index contributed by atoms with van der Waals surface area (Å²) in [5, 5.41) is 21.7. The SMILES string of the molecule is CCOc1cc([C@@H](C(=O)NC[C@H]2CCCO2)N(C(=O)Cn2nnc3ccccc32)c2ccccc2OC)ccc1O. The number of aromatic nitrogens is 3. The van der Waals surface area contributed by atoms with E-state index in [0.29, 0.717) is 47.8 Å². The maximum atomic E-state index is 14.3. The summed E-state index contributed by atoms with van der Waals surface area (Å²) in [6, 6.07) is 17.8. The molecule has 5 rings (SSSR count). The number of para-hydroxylation sites is 3. The quantitative estimate of drug-likeness (QED) is 0.285. The number of fused-ring (bicyclic) bond motifs is 1. The first-order valence-electron chi connectivity index (χ1n) is 13.6. The number of nitrogens with zero attached hydrogens (tertiary/aromatic N) is 4. The van der Waals surface area contributed by atoms with Gasteiger partial charge in [0.05, 0.1) is 31.0 Å². The van der Waals surface area contributed by atoms with Crippen LogP contribution in [0.2, 0.25) is 0 Å². The summed E-state index contributed by atoms with van der Waals surface area (Å²) in [7, 11) is 1.51. The number of benzene rings is 3. The highest BCUT2D eigenvalue weighted by atomic mass is 16.5. The highest BCUT2D eigenvalue weighted by Crippen LogP contribution is 2.38. The van der Waals surface area contributed by atoms with E-state index in [9.17, 15) is 14.7 Å². The van der Waals surface area contributed by atoms with Crippen LogP contribution in [-0.2, 0) is 20.9 Å². The third-order valence-corrected chi connectivity index (χ3v) is 6.95. The minimum Gasteiger partial charge on any atom is -0.504 e. The molecular weight excluding hydrogens is 526 g/mol. The Balaban J connectivity index is 1.60. The third kappa shape index (κ3) is 6.09. The Bertz CT molecular complexity index is 1520. The first kappa shape index (κ1) is 27.9. The van der Waals surface area contributed by atoms with Gasteiger partial charge in [0.25, 0.3) is 0 Å². The number of phenols is 1. The van der Waals surface area contributed by atoms with Gasteiger partial charge < -0.3 is 24.6 Å². The number of phenolic OH excluding ortho intramolecular Hbond substituents is 1. The Hall–Kier alpha value is -4.64. The van der Waals surface area contributed by atoms with Crippen LogP contribution in [0.3, 0.4) is 0 Å². The Morgan fingerprint density at radius 3 is 2.73 bits per heavy atom. The van der Waals surface area contributed by atoms with E-state index in [2.05, 4.69) is 15.6 Å². The van der Waals surface area contributed by atoms with Crippen LogP contribution in [0.5, 0.6) is 17.2 Å². The first-order chi connectivity index (χ1) is 20.0. The number of hydrogen-bond acceptors (Lipinski definition) is 8. The minimum atomic E-state index is -1.14. The van der Waals surface area contributed by atoms with Gasteiger partial charge in [0.1, 0.15) is 23.9 Å². The van der Waals surface area contributed by atoms with Crippen molar-refractivity contribution < 1.29 is 28.9 Å². The molecule has 1 aliphatic rings. The Labute approximate surface area is 237 Å². The highest BCUT2D eigenvalue weighted by Gasteiger charge is 2.36. The highest BCUT2D eigenvalue weighted by molar-refractivity contribution is 6.02. The first-order valence-corrected chi connectivity index (χ1v) is 13.6. The van der Waals surface area contributed by atoms with Crippen molar-refractivity contribution in [3.63, 3.8) is 0 Å². The van der Waals surface area contributed by atoms with Gasteiger partial charge in [-0.05, 0) is 61.7 Å². The molecule has 0 radical (unpaired) electrons. The minimum absolute atomic E-state index is 0.0710. The number of nitrogens with one attached hydrogen (secondary N) is 1. The largest absolute Gasteiger partial charge is 0.504 e. The zero-order valence-electron chi connectivity index (χ0n) is 23.0. The topological polar surface area (TPSA) is 128 Å². The van der Waals surface area contributed by atoms with E-state index in [-0.39, 0.29) is 24.1 Å². The lowest BCUT2D eigenvalue weighted by Crippen LogP contribution is -2.46. The number of carbonyl (C=O) groups is 2. The van der Waals surface area contributed by atoms with Gasteiger partial charge in [-0.15, -0.1) is 5.10 Å². The van der Waals surface area contributed by atoms with Crippen molar-refractivity contribution in [3.8, 4) is 17.2 Å². The molecule has 0 unspecified atom stereocenters. The third-order valence-electron chi connectivity index (χ3n) is 6.95. The van der Waals surface area contributed by atoms with E-state index in [1.54, 1.807) is 43.3 Å². The van der Waals surface area contributed by atoms with Crippen LogP contribution in [0.15, 0.2) is 66.7 Å². The van der Waals surface area contributed by atoms with Crippen molar-refractivity contribution in [2.75, 3.05) is 31.8 Å². The number of methoxy groups -OCH3 is 1. The second-order valence-electron chi connectivity index (χ2n) is 9.61. The molecule has 214 valence electrons. The fraction of sp³-hybridized carbons (Fsp3) is 0.333. The molecule has 11 heteroatoms. The zero-order valence-corrected chi connectivity index (χ0v) is 23.0. The Morgan fingerprint density at radius 1 is 1.15 bits per heavy atom. The number of ether oxygens (including phenoxy) is 3. The summed E-state index contributed by atoms with van der Waals surface area (Å²) in [5.41, 5.74) is 2.17. The second-order valence-corrected chi connectivity index (χ2v) is 9.61. The Kier molecular flexibility index (Phi) is 8.64. The van der Waals surface area contributed by atoms with Gasteiger partial charge in [0.2, 0.25) is 11.8 Å². The van der Waals surface area contributed by atoms with Gasteiger partial charge in [-0.3, -0.25) is 14.5 Å². The molecule has 2 atom stereocenters. The summed E-state index contributed by atoms with van der Waals surface area (Å²) in [4.78, 5) is 29.7. The predicted molar refractivity (Wildman–Crippen MR) is 152 cm³/mol. The van der Waals surface area contributed by atoms with E-state index in [4.69, 9.17) is 14.2 Å². The maximum absolute atomic E-state index is 14.3. The van der Waals surface area contributed by atoms with Crippen LogP contribution in [0, 0.1) is 0 Å². The molecule has 2 amide bonds. The number of aromatic hydroxyl groups is 1. The van der Waals surface area contributed by atoms with Crippen LogP contribution in [0.4, 0.5) is 5.69 Å². The summed E-state index contributed by atoms with van der Waals surface area (Å²) >= 11 is 0. The molecule has 41 heavy (non-hydrogen) atoms. The molecular formula is C30H33N5O6. The molecule has 1 aliphatic heterocycles. The monoisotopic (exact) mass is 559 g/mol. The van der Waals surface area contributed by atoms with Crippen molar-refractivity contribution in [3.05, 3.63) is 72.3 Å². The number of amides is 2. The molecule has 11 nitrogen and oxygen atoms in total. The zero-order chi connectivity index (χ0) is 28.8. The van der Waals surface area contributed by atoms with E-state index in [1.165, 1.54) is 22.8 Å². The predicted octanol–water partition coefficient (Wildman–Crippen LogP) is 3.61. The van der Waals surface area contributed by atoms with Crippen molar-refractivity contribution in [1.82, 2.24) is 20.3 Å². The maximum Gasteiger partial charge on any atom is 0.249 e. The van der Waals surface area contributed by atoms with E-state index >= 15 is 0 Å². The van der Waals surface area contributed by atoms with E-state index in [0.717, 1.165) is 12.8 Å². The number of hydrogen-bond donors (Lipinski definition) is 2. The van der Waals surface area contributed by atoms with Crippen LogP contribution in [0.1, 0.15) is 31.4 Å². The molecule has 4 aromatic rings. The van der Waals surface area contributed by atoms with Gasteiger partial charge in [-0.25, -0.2) is 4.68 Å². The molecule has 2 heterocycles. The molecule has 2 N–H and O–H groups in total. The number of carbonyl (C=O) groups excluding carboxylic acids is 2. The molecule has 1 fully saturated rings. The molecule has 1 saturated heterocycles. The van der Waals surface area contributed by atoms with Crippen LogP contribution in [0.25, 0.3) is 11.0 Å². The molecule has 0 aliphatic carbocycles. The summed E-state index contributed by atoms with van der Waals surface area (Å²) in [6.45, 7) is 2.86. The van der Waals surface area contributed by atoms with Gasteiger partial charge >= 0.3 is 0 Å². The molecule has 1 aromatic heterocycles. The summed E-state index contributed by atoms with van der Waals surface area (Å²) in [5.74, 6) is -0.301. The van der Waals surface area contributed by atoms with Crippen molar-refractivity contribution in [1.29, 1.82) is 0 Å². The van der Waals surface area contributed by atoms with Crippen molar-refractivity contribution in [2.45, 2.75) is 38.5 Å². The van der Waals surface area contributed by atoms with E-state index < -0.39 is 17.9 Å². The van der Waals surface area contributed by atoms with Crippen molar-refractivity contribution >= 4 is 28.5 Å². The van der Waals surface area contributed by atoms with Gasteiger partial charge in [-0.1, -0.05) is 35.5 Å². The van der Waals surface area contributed by atoms with Gasteiger partial charge in [0.15, 0.2) is 11.5 Å². The smallest absolute Gasteiger partial charge is 0.249 e. The molecule has 0 bridgehead atoms. The standard InChI is InChI=1S/C30H33N5O6/c1-3-40-27-17-20(14-15-25(27)36)29(30(38)31-18-21-9-8-16-41-21)35(24-12-6-7-13-26(24)39-2)28(37)19-34-23-11-5-4-10-22(23)32-33-34/h4-7,10-15,17,21,29,36H,3,8-9,16,18-19H2,1-2H3,(H,31,38)/t21-,29+/m1/s1. The lowest BCUT2D eigenvalue weighted by Gasteiger charge is -2.33. The van der Waals surface area contributed by atoms with Gasteiger partial charge in [-0.2, -0.15) is 0 Å². The fourth-order valence-electron chi connectivity index (χ4n) is 4.99. The normalized spacial score (nSPS) is 15.4. The average molecular weight is 560 g/mol. The fourth-order valence-corrected chi connectivity index (χ4v) is 4.99. The van der Waals surface area contributed by atoms with Crippen LogP contribution in [-0.4, -0.2) is 64.9 Å². The van der Waals surface area contributed by atoms with Crippen LogP contribution >= 0.6 is 0 Å². The lowest BCUT2D eigenvalue weighted by molar-refractivity contribution is -0.127. The molecule has 0 saturated carbocycles. The van der Waals surface area contributed by atoms with Crippen LogP contribution < -0.4 is 19.7 Å². The molecule has 3 aromatic carbocycles. The second kappa shape index (κ2) is 12.7. The lowest BCUT2D eigenvalue weighted by atomic mass is 10.0. The number of rotatable bonds is 11. The number of anilines is 1. The molecule has 0 spiro atoms. The van der Waals surface area contributed by atoms with Gasteiger partial charge in [0, 0.05) is 13.2 Å². The average Bonchev–Trinajstić information content (AvgIpc) is 3.66. The van der Waals surface area contributed by atoms with E-state index in [1.807, 2.05) is 24.3 Å². The Morgan fingerprint density at radius 2 is 1.95 bits per heavy atom. The summed E-state index contributed by atoms with van der Waals surface area (Å²) < 4.78 is 18.5.